The first-order valence-corrected chi connectivity index (χ1v) is 5.87. The lowest BCUT2D eigenvalue weighted by molar-refractivity contribution is -0.118. The van der Waals surface area contributed by atoms with Gasteiger partial charge in [-0.25, -0.2) is 0 Å². The first kappa shape index (κ1) is 12.2. The Balaban J connectivity index is 2.52. The average Bonchev–Trinajstić information content (AvgIpc) is 2.61. The van der Waals surface area contributed by atoms with Crippen LogP contribution in [0.15, 0.2) is 11.6 Å². The second-order valence-corrected chi connectivity index (χ2v) is 4.37. The summed E-state index contributed by atoms with van der Waals surface area (Å²) >= 11 is 0. The second-order valence-electron chi connectivity index (χ2n) is 4.37. The Morgan fingerprint density at radius 2 is 2.20 bits per heavy atom. The third-order valence-corrected chi connectivity index (χ3v) is 2.93. The summed E-state index contributed by atoms with van der Waals surface area (Å²) in [5.74, 6) is 0.670. The maximum absolute atomic E-state index is 11.8. The minimum Gasteiger partial charge on any atom is -0.300 e. The van der Waals surface area contributed by atoms with E-state index in [2.05, 4.69) is 6.92 Å². The van der Waals surface area contributed by atoms with E-state index >= 15 is 0 Å². The number of hydrogen-bond acceptors (Lipinski definition) is 2. The number of rotatable bonds is 6. The molecule has 0 heterocycles. The van der Waals surface area contributed by atoms with Crippen LogP contribution in [-0.4, -0.2) is 11.6 Å². The first-order chi connectivity index (χ1) is 7.15. The van der Waals surface area contributed by atoms with Gasteiger partial charge < -0.3 is 4.79 Å². The number of carbonyl (C=O) groups is 2. The van der Waals surface area contributed by atoms with Crippen molar-refractivity contribution in [1.29, 1.82) is 0 Å². The molecule has 1 aliphatic rings. The third kappa shape index (κ3) is 3.61. The molecule has 0 saturated heterocycles. The van der Waals surface area contributed by atoms with E-state index in [-0.39, 0.29) is 17.5 Å². The Kier molecular flexibility index (Phi) is 4.73. The molecule has 0 aromatic carbocycles. The molecule has 0 saturated carbocycles. The van der Waals surface area contributed by atoms with Gasteiger partial charge in [0.2, 0.25) is 0 Å². The molecule has 1 rings (SSSR count). The highest BCUT2D eigenvalue weighted by atomic mass is 16.1. The van der Waals surface area contributed by atoms with Crippen LogP contribution in [0, 0.1) is 5.92 Å². The van der Waals surface area contributed by atoms with Crippen LogP contribution in [0.2, 0.25) is 0 Å². The fourth-order valence-corrected chi connectivity index (χ4v) is 2.14. The topological polar surface area (TPSA) is 34.1 Å². The summed E-state index contributed by atoms with van der Waals surface area (Å²) in [6.07, 6.45) is 7.18. The summed E-state index contributed by atoms with van der Waals surface area (Å²) in [6.45, 7) is 3.69. The minimum atomic E-state index is 0.191. The molecule has 0 bridgehead atoms. The van der Waals surface area contributed by atoms with Crippen LogP contribution in [0.25, 0.3) is 0 Å². The van der Waals surface area contributed by atoms with Crippen molar-refractivity contribution in [3.05, 3.63) is 11.6 Å². The Hall–Kier alpha value is -0.920. The maximum atomic E-state index is 11.8. The normalized spacial score (nSPS) is 20.1. The lowest BCUT2D eigenvalue weighted by Gasteiger charge is -2.11. The molecule has 0 aromatic rings. The average molecular weight is 208 g/mol. The largest absolute Gasteiger partial charge is 0.300 e. The highest BCUT2D eigenvalue weighted by Gasteiger charge is 2.25. The van der Waals surface area contributed by atoms with Crippen LogP contribution in [-0.2, 0) is 9.59 Å². The van der Waals surface area contributed by atoms with Gasteiger partial charge in [-0.05, 0) is 37.7 Å². The van der Waals surface area contributed by atoms with Crippen molar-refractivity contribution < 1.29 is 9.59 Å². The number of Topliss-reactive ketones (excluding diaryl/α,β-unsaturated/α-hetero) is 2. The van der Waals surface area contributed by atoms with Gasteiger partial charge in [-0.15, -0.1) is 0 Å². The number of hydrogen-bond donors (Lipinski definition) is 0. The fourth-order valence-electron chi connectivity index (χ4n) is 2.14. The standard InChI is InChI=1S/C13H20O2/c1-3-4-8-13(15)12-7-5-6-11(12)9-10(2)14/h7,11H,3-6,8-9H2,1-2H3. The van der Waals surface area contributed by atoms with Gasteiger partial charge in [-0.2, -0.15) is 0 Å². The molecule has 0 radical (unpaired) electrons. The van der Waals surface area contributed by atoms with Crippen molar-refractivity contribution in [2.24, 2.45) is 5.92 Å². The minimum absolute atomic E-state index is 0.191. The van der Waals surface area contributed by atoms with Gasteiger partial charge in [0.15, 0.2) is 5.78 Å². The Labute approximate surface area is 91.7 Å². The lowest BCUT2D eigenvalue weighted by Crippen LogP contribution is -2.12. The summed E-state index contributed by atoms with van der Waals surface area (Å²) in [6, 6.07) is 0. The quantitative estimate of drug-likeness (QED) is 0.672. The van der Waals surface area contributed by atoms with Gasteiger partial charge in [0.25, 0.3) is 0 Å². The summed E-state index contributed by atoms with van der Waals surface area (Å²) < 4.78 is 0. The molecule has 0 amide bonds. The van der Waals surface area contributed by atoms with E-state index in [4.69, 9.17) is 0 Å². The van der Waals surface area contributed by atoms with Gasteiger partial charge >= 0.3 is 0 Å². The van der Waals surface area contributed by atoms with Crippen LogP contribution >= 0.6 is 0 Å². The Bertz CT molecular complexity index is 276. The highest BCUT2D eigenvalue weighted by molar-refractivity contribution is 5.96. The molecular formula is C13H20O2. The van der Waals surface area contributed by atoms with E-state index in [1.54, 1.807) is 6.92 Å². The predicted molar refractivity (Wildman–Crippen MR) is 60.6 cm³/mol. The van der Waals surface area contributed by atoms with E-state index in [1.165, 1.54) is 0 Å². The van der Waals surface area contributed by atoms with E-state index < -0.39 is 0 Å². The number of ketones is 2. The second kappa shape index (κ2) is 5.84. The third-order valence-electron chi connectivity index (χ3n) is 2.93. The Morgan fingerprint density at radius 1 is 1.47 bits per heavy atom. The van der Waals surface area contributed by atoms with Crippen molar-refractivity contribution in [3.8, 4) is 0 Å². The molecule has 1 unspecified atom stereocenters. The first-order valence-electron chi connectivity index (χ1n) is 5.87. The number of carbonyl (C=O) groups excluding carboxylic acids is 2. The number of unbranched alkanes of at least 4 members (excludes halogenated alkanes) is 1. The van der Waals surface area contributed by atoms with Crippen molar-refractivity contribution in [1.82, 2.24) is 0 Å². The lowest BCUT2D eigenvalue weighted by atomic mass is 9.91. The summed E-state index contributed by atoms with van der Waals surface area (Å²) in [5.41, 5.74) is 0.929. The predicted octanol–water partition coefficient (Wildman–Crippen LogP) is 3.06. The highest BCUT2D eigenvalue weighted by Crippen LogP contribution is 2.30. The van der Waals surface area contributed by atoms with Crippen molar-refractivity contribution >= 4 is 11.6 Å². The molecule has 2 nitrogen and oxygen atoms in total. The molecule has 0 fully saturated rings. The zero-order valence-corrected chi connectivity index (χ0v) is 9.71. The summed E-state index contributed by atoms with van der Waals surface area (Å²) in [7, 11) is 0. The van der Waals surface area contributed by atoms with Crippen LogP contribution in [0.3, 0.4) is 0 Å². The fraction of sp³-hybridized carbons (Fsp3) is 0.692. The zero-order valence-electron chi connectivity index (χ0n) is 9.71. The van der Waals surface area contributed by atoms with Crippen LogP contribution in [0.1, 0.15) is 52.4 Å². The van der Waals surface area contributed by atoms with E-state index in [9.17, 15) is 9.59 Å². The van der Waals surface area contributed by atoms with Crippen LogP contribution in [0.4, 0.5) is 0 Å². The molecular weight excluding hydrogens is 188 g/mol. The van der Waals surface area contributed by atoms with E-state index in [0.717, 1.165) is 31.3 Å². The molecule has 2 heteroatoms. The van der Waals surface area contributed by atoms with Gasteiger partial charge in [-0.3, -0.25) is 4.79 Å². The van der Waals surface area contributed by atoms with Crippen LogP contribution in [0.5, 0.6) is 0 Å². The van der Waals surface area contributed by atoms with Crippen molar-refractivity contribution in [2.75, 3.05) is 0 Å². The van der Waals surface area contributed by atoms with Gasteiger partial charge in [0, 0.05) is 12.8 Å². The zero-order chi connectivity index (χ0) is 11.3. The maximum Gasteiger partial charge on any atom is 0.158 e. The van der Waals surface area contributed by atoms with Gasteiger partial charge in [0.1, 0.15) is 5.78 Å². The molecule has 0 aliphatic heterocycles. The molecule has 0 aromatic heterocycles. The molecule has 0 spiro atoms. The monoisotopic (exact) mass is 208 g/mol. The smallest absolute Gasteiger partial charge is 0.158 e. The van der Waals surface area contributed by atoms with Crippen molar-refractivity contribution in [3.63, 3.8) is 0 Å². The Morgan fingerprint density at radius 3 is 2.80 bits per heavy atom. The molecule has 0 N–H and O–H groups in total. The molecule has 84 valence electrons. The van der Waals surface area contributed by atoms with Crippen molar-refractivity contribution in [2.45, 2.75) is 52.4 Å². The molecule has 1 aliphatic carbocycles. The summed E-state index contributed by atoms with van der Waals surface area (Å²) in [5, 5.41) is 0. The van der Waals surface area contributed by atoms with Gasteiger partial charge in [-0.1, -0.05) is 19.4 Å². The summed E-state index contributed by atoms with van der Waals surface area (Å²) in [4.78, 5) is 22.9. The van der Waals surface area contributed by atoms with E-state index in [1.807, 2.05) is 6.08 Å². The number of allylic oxidation sites excluding steroid dienone is 2. The van der Waals surface area contributed by atoms with E-state index in [0.29, 0.717) is 12.8 Å². The van der Waals surface area contributed by atoms with Crippen LogP contribution < -0.4 is 0 Å². The molecule has 15 heavy (non-hydrogen) atoms. The van der Waals surface area contributed by atoms with Gasteiger partial charge in [0.05, 0.1) is 0 Å². The SMILES string of the molecule is CCCCC(=O)C1=CCCC1CC(C)=O. The molecule has 1 atom stereocenters.